The Kier molecular flexibility index (Phi) is 6.50. The summed E-state index contributed by atoms with van der Waals surface area (Å²) in [6.45, 7) is 4.23. The molecule has 0 saturated carbocycles. The molecule has 6 heteroatoms. The third-order valence-electron chi connectivity index (χ3n) is 4.85. The van der Waals surface area contributed by atoms with Crippen LogP contribution < -0.4 is 4.74 Å². The second-order valence-corrected chi connectivity index (χ2v) is 7.94. The first-order chi connectivity index (χ1) is 13.0. The molecule has 0 unspecified atom stereocenters. The number of aryl methyl sites for hydroxylation is 1. The van der Waals surface area contributed by atoms with Gasteiger partial charge in [0.1, 0.15) is 12.4 Å². The predicted octanol–water partition coefficient (Wildman–Crippen LogP) is 3.45. The maximum absolute atomic E-state index is 12.8. The van der Waals surface area contributed by atoms with E-state index in [0.717, 1.165) is 35.6 Å². The number of carbonyl (C=O) groups excluding carboxylic acids is 2. The van der Waals surface area contributed by atoms with Crippen LogP contribution in [0.15, 0.2) is 41.8 Å². The molecule has 0 aliphatic carbocycles. The molecule has 3 rings (SSSR count). The number of thiophene rings is 1. The van der Waals surface area contributed by atoms with Crippen molar-refractivity contribution in [2.24, 2.45) is 5.92 Å². The van der Waals surface area contributed by atoms with E-state index in [9.17, 15) is 9.59 Å². The smallest absolute Gasteiger partial charge is 0.263 e. The molecule has 144 valence electrons. The summed E-state index contributed by atoms with van der Waals surface area (Å²) >= 11 is 1.45. The lowest BCUT2D eigenvalue weighted by molar-refractivity contribution is -0.135. The van der Waals surface area contributed by atoms with E-state index >= 15 is 0 Å². The SMILES string of the molecule is Cc1cccc(OCCN(C)C(=O)[C@@H]2CCCN(C(=O)c3cccs3)C2)c1. The summed E-state index contributed by atoms with van der Waals surface area (Å²) in [7, 11) is 1.81. The van der Waals surface area contributed by atoms with Gasteiger partial charge in [0.05, 0.1) is 17.3 Å². The molecule has 0 N–H and O–H groups in total. The number of carbonyl (C=O) groups is 2. The molecule has 5 nitrogen and oxygen atoms in total. The number of likely N-dealkylation sites (tertiary alicyclic amines) is 1. The van der Waals surface area contributed by atoms with Crippen LogP contribution in [0.1, 0.15) is 28.1 Å². The van der Waals surface area contributed by atoms with Crippen LogP contribution in [0.2, 0.25) is 0 Å². The highest BCUT2D eigenvalue weighted by molar-refractivity contribution is 7.12. The van der Waals surface area contributed by atoms with Crippen molar-refractivity contribution in [1.82, 2.24) is 9.80 Å². The molecule has 1 atom stereocenters. The number of nitrogens with zero attached hydrogens (tertiary/aromatic N) is 2. The van der Waals surface area contributed by atoms with Crippen LogP contribution in [0.25, 0.3) is 0 Å². The molecule has 1 saturated heterocycles. The Bertz CT molecular complexity index is 775. The Balaban J connectivity index is 1.49. The second kappa shape index (κ2) is 9.04. The molecule has 1 aliphatic rings. The Labute approximate surface area is 164 Å². The van der Waals surface area contributed by atoms with Crippen molar-refractivity contribution in [2.45, 2.75) is 19.8 Å². The van der Waals surface area contributed by atoms with Gasteiger partial charge < -0.3 is 14.5 Å². The standard InChI is InChI=1S/C21H26N2O3S/c1-16-6-3-8-18(14-16)26-12-11-22(2)20(24)17-7-4-10-23(15-17)21(25)19-9-5-13-27-19/h3,5-6,8-9,13-14,17H,4,7,10-12,15H2,1-2H3/t17-/m1/s1. The van der Waals surface area contributed by atoms with Crippen molar-refractivity contribution in [2.75, 3.05) is 33.3 Å². The van der Waals surface area contributed by atoms with Gasteiger partial charge in [-0.1, -0.05) is 18.2 Å². The van der Waals surface area contributed by atoms with E-state index in [4.69, 9.17) is 4.74 Å². The minimum absolute atomic E-state index is 0.0351. The molecule has 27 heavy (non-hydrogen) atoms. The van der Waals surface area contributed by atoms with Gasteiger partial charge in [-0.3, -0.25) is 9.59 Å². The molecule has 2 amide bonds. The average Bonchev–Trinajstić information content (AvgIpc) is 3.21. The first-order valence-electron chi connectivity index (χ1n) is 9.32. The highest BCUT2D eigenvalue weighted by Gasteiger charge is 2.30. The van der Waals surface area contributed by atoms with Crippen LogP contribution >= 0.6 is 11.3 Å². The molecule has 1 aromatic heterocycles. The van der Waals surface area contributed by atoms with Crippen molar-refractivity contribution in [3.05, 3.63) is 52.2 Å². The maximum atomic E-state index is 12.8. The van der Waals surface area contributed by atoms with Gasteiger partial charge >= 0.3 is 0 Å². The van der Waals surface area contributed by atoms with Crippen molar-refractivity contribution >= 4 is 23.2 Å². The minimum atomic E-state index is -0.133. The topological polar surface area (TPSA) is 49.9 Å². The molecular formula is C21H26N2O3S. The van der Waals surface area contributed by atoms with Crippen molar-refractivity contribution < 1.29 is 14.3 Å². The van der Waals surface area contributed by atoms with Gasteiger partial charge in [0.15, 0.2) is 0 Å². The summed E-state index contributed by atoms with van der Waals surface area (Å²) in [4.78, 5) is 29.6. The highest BCUT2D eigenvalue weighted by atomic mass is 32.1. The predicted molar refractivity (Wildman–Crippen MR) is 107 cm³/mol. The third kappa shape index (κ3) is 5.10. The fraction of sp³-hybridized carbons (Fsp3) is 0.429. The van der Waals surface area contributed by atoms with Gasteiger partial charge in [0, 0.05) is 20.1 Å². The van der Waals surface area contributed by atoms with Crippen LogP contribution in [0.4, 0.5) is 0 Å². The van der Waals surface area contributed by atoms with E-state index < -0.39 is 0 Å². The maximum Gasteiger partial charge on any atom is 0.263 e. The third-order valence-corrected chi connectivity index (χ3v) is 5.71. The average molecular weight is 387 g/mol. The number of piperidine rings is 1. The van der Waals surface area contributed by atoms with Crippen LogP contribution in [0, 0.1) is 12.8 Å². The number of ether oxygens (including phenoxy) is 1. The summed E-state index contributed by atoms with van der Waals surface area (Å²) in [5.41, 5.74) is 1.15. The fourth-order valence-corrected chi connectivity index (χ4v) is 4.04. The van der Waals surface area contributed by atoms with Gasteiger partial charge in [-0.25, -0.2) is 0 Å². The fourth-order valence-electron chi connectivity index (χ4n) is 3.35. The first kappa shape index (κ1) is 19.4. The van der Waals surface area contributed by atoms with Crippen molar-refractivity contribution in [3.63, 3.8) is 0 Å². The van der Waals surface area contributed by atoms with E-state index in [-0.39, 0.29) is 17.7 Å². The molecule has 0 bridgehead atoms. The molecule has 1 fully saturated rings. The van der Waals surface area contributed by atoms with Crippen molar-refractivity contribution in [1.29, 1.82) is 0 Å². The molecule has 2 heterocycles. The quantitative estimate of drug-likeness (QED) is 0.764. The Hall–Kier alpha value is -2.34. The number of benzene rings is 1. The second-order valence-electron chi connectivity index (χ2n) is 6.99. The molecule has 1 aromatic carbocycles. The molecule has 2 aromatic rings. The minimum Gasteiger partial charge on any atom is -0.492 e. The molecular weight excluding hydrogens is 360 g/mol. The Morgan fingerprint density at radius 1 is 1.30 bits per heavy atom. The number of rotatable bonds is 6. The number of hydrogen-bond donors (Lipinski definition) is 0. The lowest BCUT2D eigenvalue weighted by Gasteiger charge is -2.33. The normalized spacial score (nSPS) is 16.8. The van der Waals surface area contributed by atoms with Gasteiger partial charge in [-0.15, -0.1) is 11.3 Å². The van der Waals surface area contributed by atoms with Crippen LogP contribution in [-0.4, -0.2) is 54.9 Å². The highest BCUT2D eigenvalue weighted by Crippen LogP contribution is 2.22. The van der Waals surface area contributed by atoms with Crippen molar-refractivity contribution in [3.8, 4) is 5.75 Å². The molecule has 1 aliphatic heterocycles. The summed E-state index contributed by atoms with van der Waals surface area (Å²) in [6, 6.07) is 11.6. The van der Waals surface area contributed by atoms with E-state index in [0.29, 0.717) is 19.7 Å². The summed E-state index contributed by atoms with van der Waals surface area (Å²) < 4.78 is 5.75. The monoisotopic (exact) mass is 386 g/mol. The Morgan fingerprint density at radius 3 is 2.89 bits per heavy atom. The van der Waals surface area contributed by atoms with Gasteiger partial charge in [0.25, 0.3) is 5.91 Å². The lowest BCUT2D eigenvalue weighted by atomic mass is 9.96. The molecule has 0 spiro atoms. The number of amides is 2. The number of likely N-dealkylation sites (N-methyl/N-ethyl adjacent to an activating group) is 1. The van der Waals surface area contributed by atoms with Gasteiger partial charge in [0.2, 0.25) is 5.91 Å². The van der Waals surface area contributed by atoms with Gasteiger partial charge in [-0.2, -0.15) is 0 Å². The van der Waals surface area contributed by atoms with Gasteiger partial charge in [-0.05, 0) is 48.9 Å². The zero-order valence-corrected chi connectivity index (χ0v) is 16.7. The van der Waals surface area contributed by atoms with Crippen LogP contribution in [0.5, 0.6) is 5.75 Å². The zero-order valence-electron chi connectivity index (χ0n) is 15.9. The van der Waals surface area contributed by atoms with E-state index in [1.807, 2.05) is 60.6 Å². The van der Waals surface area contributed by atoms with E-state index in [1.54, 1.807) is 4.90 Å². The summed E-state index contributed by atoms with van der Waals surface area (Å²) in [5.74, 6) is 0.812. The van der Waals surface area contributed by atoms with E-state index in [2.05, 4.69) is 0 Å². The zero-order chi connectivity index (χ0) is 19.2. The first-order valence-corrected chi connectivity index (χ1v) is 10.2. The Morgan fingerprint density at radius 2 is 2.15 bits per heavy atom. The van der Waals surface area contributed by atoms with E-state index in [1.165, 1.54) is 11.3 Å². The van der Waals surface area contributed by atoms with Crippen LogP contribution in [-0.2, 0) is 4.79 Å². The lowest BCUT2D eigenvalue weighted by Crippen LogP contribution is -2.46. The molecule has 0 radical (unpaired) electrons. The largest absolute Gasteiger partial charge is 0.492 e. The van der Waals surface area contributed by atoms with Crippen LogP contribution in [0.3, 0.4) is 0 Å². The summed E-state index contributed by atoms with van der Waals surface area (Å²) in [6.07, 6.45) is 1.69. The number of hydrogen-bond acceptors (Lipinski definition) is 4. The summed E-state index contributed by atoms with van der Waals surface area (Å²) in [5, 5.41) is 1.90.